The molecule has 2 aromatic rings. The molecule has 0 bridgehead atoms. The van der Waals surface area contributed by atoms with Crippen LogP contribution in [-0.2, 0) is 40.3 Å². The highest BCUT2D eigenvalue weighted by Gasteiger charge is 2.44. The Morgan fingerprint density at radius 1 is 0.900 bits per heavy atom. The molecule has 2 aliphatic rings. The summed E-state index contributed by atoms with van der Waals surface area (Å²) in [6.07, 6.45) is 1.37. The summed E-state index contributed by atoms with van der Waals surface area (Å²) in [6, 6.07) is 13.1. The Hall–Kier alpha value is -3.61. The smallest absolute Gasteiger partial charge is 0.408 e. The zero-order valence-corrected chi connectivity index (χ0v) is 22.7. The van der Waals surface area contributed by atoms with Gasteiger partial charge in [0.25, 0.3) is 15.8 Å². The van der Waals surface area contributed by atoms with Crippen molar-refractivity contribution in [1.29, 1.82) is 0 Å². The number of ether oxygens (including phenoxy) is 2. The van der Waals surface area contributed by atoms with Crippen molar-refractivity contribution in [1.82, 2.24) is 9.21 Å². The lowest BCUT2D eigenvalue weighted by Crippen LogP contribution is -2.58. The van der Waals surface area contributed by atoms with Crippen molar-refractivity contribution in [3.8, 4) is 0 Å². The van der Waals surface area contributed by atoms with Crippen molar-refractivity contribution in [3.63, 3.8) is 0 Å². The van der Waals surface area contributed by atoms with Crippen LogP contribution >= 0.6 is 0 Å². The lowest BCUT2D eigenvalue weighted by atomic mass is 9.96. The standard InChI is InChI=1S/C28H32N2O9S/c31-25(24(15-20-9-3-1-4-10-20)30(28(34)35)22-17-38-19-39-18-22)26(32)27(33)29(16-21-11-7-8-12-21)40(36,37)23-13-5-2-6-14-23/h1-6,9-10,13-14,21-22,24H,7-8,11-12,15-19H2,(H,34,35). The summed E-state index contributed by atoms with van der Waals surface area (Å²) in [5.41, 5.74) is 0.546. The molecular weight excluding hydrogens is 540 g/mol. The Kier molecular flexibility index (Phi) is 9.67. The van der Waals surface area contributed by atoms with E-state index in [2.05, 4.69) is 0 Å². The third-order valence-corrected chi connectivity index (χ3v) is 8.95. The molecule has 0 radical (unpaired) electrons. The van der Waals surface area contributed by atoms with Gasteiger partial charge in [-0.3, -0.25) is 19.3 Å². The van der Waals surface area contributed by atoms with Gasteiger partial charge in [0.1, 0.15) is 12.8 Å². The first kappa shape index (κ1) is 29.4. The molecule has 1 saturated carbocycles. The number of ketones is 2. The van der Waals surface area contributed by atoms with Gasteiger partial charge in [-0.2, -0.15) is 0 Å². The molecule has 0 spiro atoms. The molecule has 0 aromatic heterocycles. The first-order valence-corrected chi connectivity index (χ1v) is 14.5. The maximum Gasteiger partial charge on any atom is 0.408 e. The molecule has 1 unspecified atom stereocenters. The Balaban J connectivity index is 1.68. The van der Waals surface area contributed by atoms with Crippen LogP contribution in [0.4, 0.5) is 4.79 Å². The second-order valence-electron chi connectivity index (χ2n) is 9.91. The molecule has 2 aromatic carbocycles. The third kappa shape index (κ3) is 6.75. The normalized spacial score (nSPS) is 17.2. The molecule has 1 N–H and O–H groups in total. The lowest BCUT2D eigenvalue weighted by Gasteiger charge is -2.36. The van der Waals surface area contributed by atoms with Gasteiger partial charge in [0.15, 0.2) is 0 Å². The summed E-state index contributed by atoms with van der Waals surface area (Å²) in [7, 11) is -4.47. The van der Waals surface area contributed by atoms with E-state index in [1.54, 1.807) is 36.4 Å². The van der Waals surface area contributed by atoms with Crippen LogP contribution in [0.25, 0.3) is 0 Å². The Bertz CT molecular complexity index is 1310. The van der Waals surface area contributed by atoms with Crippen LogP contribution in [-0.4, -0.2) is 84.9 Å². The number of sulfonamides is 1. The molecule has 2 fully saturated rings. The molecule has 214 valence electrons. The molecule has 12 heteroatoms. The summed E-state index contributed by atoms with van der Waals surface area (Å²) < 4.78 is 38.0. The highest BCUT2D eigenvalue weighted by Crippen LogP contribution is 2.28. The number of benzene rings is 2. The van der Waals surface area contributed by atoms with E-state index in [0.29, 0.717) is 22.7 Å². The van der Waals surface area contributed by atoms with Gasteiger partial charge < -0.3 is 14.6 Å². The van der Waals surface area contributed by atoms with Crippen LogP contribution in [0.15, 0.2) is 65.6 Å². The number of hydrogen-bond acceptors (Lipinski definition) is 8. The molecular formula is C28H32N2O9S. The number of rotatable bonds is 11. The molecule has 11 nitrogen and oxygen atoms in total. The fourth-order valence-corrected chi connectivity index (χ4v) is 6.61. The number of carbonyl (C=O) groups excluding carboxylic acids is 3. The predicted octanol–water partition coefficient (Wildman–Crippen LogP) is 2.50. The molecule has 1 aliphatic carbocycles. The fraction of sp³-hybridized carbons (Fsp3) is 0.429. The molecule has 4 rings (SSSR count). The summed E-state index contributed by atoms with van der Waals surface area (Å²) in [5.74, 6) is -4.57. The molecule has 1 aliphatic heterocycles. The summed E-state index contributed by atoms with van der Waals surface area (Å²) in [4.78, 5) is 53.8. The van der Waals surface area contributed by atoms with E-state index in [1.807, 2.05) is 0 Å². The van der Waals surface area contributed by atoms with Gasteiger partial charge in [-0.1, -0.05) is 61.4 Å². The maximum atomic E-state index is 13.7. The number of carbonyl (C=O) groups is 4. The van der Waals surface area contributed by atoms with Crippen LogP contribution in [0.3, 0.4) is 0 Å². The summed E-state index contributed by atoms with van der Waals surface area (Å²) in [5, 5.41) is 10.1. The number of carboxylic acid groups (broad SMARTS) is 1. The minimum atomic E-state index is -4.47. The summed E-state index contributed by atoms with van der Waals surface area (Å²) in [6.45, 7) is -0.454. The Morgan fingerprint density at radius 2 is 1.48 bits per heavy atom. The number of Topliss-reactive ketones (excluding diaryl/α,β-unsaturated/α-hetero) is 2. The van der Waals surface area contributed by atoms with Crippen LogP contribution in [0, 0.1) is 5.92 Å². The van der Waals surface area contributed by atoms with Crippen molar-refractivity contribution < 1.29 is 42.2 Å². The molecule has 1 atom stereocenters. The van der Waals surface area contributed by atoms with Crippen molar-refractivity contribution in [2.24, 2.45) is 5.92 Å². The van der Waals surface area contributed by atoms with E-state index in [4.69, 9.17) is 9.47 Å². The zero-order valence-electron chi connectivity index (χ0n) is 21.9. The highest BCUT2D eigenvalue weighted by atomic mass is 32.2. The van der Waals surface area contributed by atoms with Crippen LogP contribution in [0.5, 0.6) is 0 Å². The topological polar surface area (TPSA) is 148 Å². The Labute approximate surface area is 232 Å². The first-order valence-electron chi connectivity index (χ1n) is 13.1. The van der Waals surface area contributed by atoms with Crippen LogP contribution < -0.4 is 0 Å². The van der Waals surface area contributed by atoms with E-state index in [-0.39, 0.29) is 43.8 Å². The quantitative estimate of drug-likeness (QED) is 0.317. The van der Waals surface area contributed by atoms with E-state index in [1.165, 1.54) is 24.3 Å². The summed E-state index contributed by atoms with van der Waals surface area (Å²) >= 11 is 0. The van der Waals surface area contributed by atoms with E-state index >= 15 is 0 Å². The predicted molar refractivity (Wildman–Crippen MR) is 142 cm³/mol. The first-order chi connectivity index (χ1) is 19.2. The molecule has 40 heavy (non-hydrogen) atoms. The Morgan fingerprint density at radius 3 is 2.05 bits per heavy atom. The van der Waals surface area contributed by atoms with Gasteiger partial charge in [-0.25, -0.2) is 17.5 Å². The molecule has 1 saturated heterocycles. The average Bonchev–Trinajstić information content (AvgIpc) is 3.49. The molecule has 2 amide bonds. The fourth-order valence-electron chi connectivity index (χ4n) is 5.14. The number of hydrogen-bond donors (Lipinski definition) is 1. The van der Waals surface area contributed by atoms with Crippen molar-refractivity contribution in [2.75, 3.05) is 26.6 Å². The van der Waals surface area contributed by atoms with Crippen molar-refractivity contribution in [3.05, 3.63) is 66.2 Å². The van der Waals surface area contributed by atoms with Gasteiger partial charge >= 0.3 is 12.0 Å². The van der Waals surface area contributed by atoms with Crippen LogP contribution in [0.2, 0.25) is 0 Å². The largest absolute Gasteiger partial charge is 0.465 e. The maximum absolute atomic E-state index is 13.7. The van der Waals surface area contributed by atoms with E-state index in [9.17, 15) is 32.7 Å². The lowest BCUT2D eigenvalue weighted by molar-refractivity contribution is -0.153. The third-order valence-electron chi connectivity index (χ3n) is 7.19. The van der Waals surface area contributed by atoms with Gasteiger partial charge in [-0.05, 0) is 36.5 Å². The average molecular weight is 573 g/mol. The number of nitrogens with zero attached hydrogens (tertiary/aromatic N) is 2. The van der Waals surface area contributed by atoms with Crippen molar-refractivity contribution in [2.45, 2.75) is 49.1 Å². The second kappa shape index (κ2) is 13.2. The van der Waals surface area contributed by atoms with E-state index < -0.39 is 45.7 Å². The minimum Gasteiger partial charge on any atom is -0.465 e. The highest BCUT2D eigenvalue weighted by molar-refractivity contribution is 7.89. The van der Waals surface area contributed by atoms with Crippen molar-refractivity contribution >= 4 is 33.6 Å². The van der Waals surface area contributed by atoms with E-state index in [0.717, 1.165) is 17.7 Å². The van der Waals surface area contributed by atoms with Gasteiger partial charge in [-0.15, -0.1) is 0 Å². The molecule has 1 heterocycles. The van der Waals surface area contributed by atoms with Gasteiger partial charge in [0.05, 0.1) is 24.2 Å². The number of amides is 2. The second-order valence-corrected chi connectivity index (χ2v) is 11.8. The SMILES string of the molecule is O=C(C(=O)C(Cc1ccccc1)N(C(=O)O)C1COCOC1)C(=O)N(CC1CCCC1)S(=O)(=O)c1ccccc1. The zero-order chi connectivity index (χ0) is 28.7. The minimum absolute atomic E-state index is 0.0495. The van der Waals surface area contributed by atoms with Crippen LogP contribution in [0.1, 0.15) is 31.2 Å². The van der Waals surface area contributed by atoms with Gasteiger partial charge in [0.2, 0.25) is 5.78 Å². The van der Waals surface area contributed by atoms with Gasteiger partial charge in [0, 0.05) is 13.0 Å². The monoisotopic (exact) mass is 572 g/mol.